The minimum absolute atomic E-state index is 0.0333. The second-order valence-electron chi connectivity index (χ2n) is 21.3. The van der Waals surface area contributed by atoms with E-state index in [9.17, 15) is 43.2 Å². The number of rotatable bonds is 18. The molecular formula is C61H62N6O17S. The molecule has 1 fully saturated rings. The van der Waals surface area contributed by atoms with Crippen molar-refractivity contribution in [1.29, 1.82) is 0 Å². The Morgan fingerprint density at radius 2 is 1.38 bits per heavy atom. The number of carbonyl (C=O) groups excluding carboxylic acids is 3. The number of benzene rings is 6. The van der Waals surface area contributed by atoms with Crippen molar-refractivity contribution in [2.45, 2.75) is 88.6 Å². The molecule has 0 aliphatic carbocycles. The Labute approximate surface area is 489 Å². The lowest BCUT2D eigenvalue weighted by Crippen LogP contribution is -2.60. The molecule has 5 N–H and O–H groups in total. The lowest BCUT2D eigenvalue weighted by molar-refractivity contribution is -0.277. The van der Waals surface area contributed by atoms with Gasteiger partial charge in [-0.2, -0.15) is 0 Å². The van der Waals surface area contributed by atoms with Crippen LogP contribution in [0.3, 0.4) is 0 Å². The van der Waals surface area contributed by atoms with Crippen molar-refractivity contribution < 1.29 is 80.0 Å². The van der Waals surface area contributed by atoms with E-state index >= 15 is 0 Å². The summed E-state index contributed by atoms with van der Waals surface area (Å²) < 4.78 is 73.6. The molecule has 24 heteroatoms. The Bertz CT molecular complexity index is 3760. The van der Waals surface area contributed by atoms with E-state index in [0.29, 0.717) is 65.6 Å². The minimum Gasteiger partial charge on any atom is -0.493 e. The number of methoxy groups -OCH3 is 2. The van der Waals surface area contributed by atoms with Crippen molar-refractivity contribution in [2.75, 3.05) is 42.0 Å². The Kier molecular flexibility index (Phi) is 16.5. The van der Waals surface area contributed by atoms with Crippen LogP contribution in [0, 0.1) is 0 Å². The van der Waals surface area contributed by atoms with Gasteiger partial charge in [-0.15, -0.1) is 8.42 Å². The van der Waals surface area contributed by atoms with Crippen molar-refractivity contribution in [3.05, 3.63) is 164 Å². The molecule has 0 saturated carbocycles. The van der Waals surface area contributed by atoms with Crippen molar-refractivity contribution in [2.24, 2.45) is 9.98 Å². The average molecular weight is 1180 g/mol. The van der Waals surface area contributed by atoms with Gasteiger partial charge in [0.15, 0.2) is 34.5 Å². The monoisotopic (exact) mass is 1180 g/mol. The SMILES string of the molecule is CNC(=O)c1ccc(O[C@@H]2O[C@H](CO)[C@H](O)[C@H](O)[C@H]2O)c(OS(=O)(=O)Oc2ccc3c(c2)CN2C(=O)c4cc(OC)c(OCc5cc(COc6cc7c(cc6OC)C(=O)N6Cc8ccccc8CC6N=C7)cc(CN(C)C)c5)cc4N=C[C@@H]2C3)c1. The molecule has 0 aromatic heterocycles. The number of nitrogens with one attached hydrogen (secondary N) is 1. The van der Waals surface area contributed by atoms with Gasteiger partial charge >= 0.3 is 10.4 Å². The van der Waals surface area contributed by atoms with Gasteiger partial charge in [-0.1, -0.05) is 42.5 Å². The predicted octanol–water partition coefficient (Wildman–Crippen LogP) is 4.40. The van der Waals surface area contributed by atoms with Gasteiger partial charge in [0.1, 0.15) is 49.5 Å². The van der Waals surface area contributed by atoms with Crippen LogP contribution in [-0.2, 0) is 60.8 Å². The summed E-state index contributed by atoms with van der Waals surface area (Å²) in [5, 5.41) is 43.3. The number of fused-ring (bicyclic) bond motifs is 6. The van der Waals surface area contributed by atoms with Gasteiger partial charge in [0.25, 0.3) is 17.7 Å². The molecule has 6 aromatic rings. The summed E-state index contributed by atoms with van der Waals surface area (Å²) in [4.78, 5) is 56.2. The lowest BCUT2D eigenvalue weighted by atomic mass is 9.94. The van der Waals surface area contributed by atoms with Gasteiger partial charge in [0.05, 0.1) is 43.7 Å². The topological polar surface area (TPSA) is 287 Å². The molecular weight excluding hydrogens is 1120 g/mol. The molecule has 7 atom stereocenters. The number of aliphatic hydroxyl groups excluding tert-OH is 4. The Hall–Kier alpha value is -8.62. The highest BCUT2D eigenvalue weighted by molar-refractivity contribution is 7.82. The molecule has 0 bridgehead atoms. The summed E-state index contributed by atoms with van der Waals surface area (Å²) in [6.07, 6.45) is -4.37. The molecule has 23 nitrogen and oxygen atoms in total. The first-order chi connectivity index (χ1) is 40.9. The van der Waals surface area contributed by atoms with Crippen LogP contribution in [0.25, 0.3) is 0 Å². The maximum atomic E-state index is 14.5. The smallest absolute Gasteiger partial charge is 0.493 e. The number of nitrogens with zero attached hydrogens (tertiary/aromatic N) is 5. The van der Waals surface area contributed by atoms with Crippen molar-refractivity contribution >= 4 is 46.2 Å². The molecule has 0 spiro atoms. The first kappa shape index (κ1) is 58.2. The first-order valence-electron chi connectivity index (χ1n) is 27.2. The van der Waals surface area contributed by atoms with Crippen LogP contribution in [0.2, 0.25) is 0 Å². The second kappa shape index (κ2) is 24.2. The van der Waals surface area contributed by atoms with Crippen molar-refractivity contribution in [3.8, 4) is 40.2 Å². The molecule has 1 unspecified atom stereocenters. The van der Waals surface area contributed by atoms with E-state index in [2.05, 4.69) is 22.3 Å². The summed E-state index contributed by atoms with van der Waals surface area (Å²) in [5.41, 5.74) is 7.99. The summed E-state index contributed by atoms with van der Waals surface area (Å²) in [6.45, 7) is 0.633. The third-order valence-corrected chi connectivity index (χ3v) is 16.0. The van der Waals surface area contributed by atoms with Gasteiger partial charge in [-0.3, -0.25) is 24.4 Å². The van der Waals surface area contributed by atoms with E-state index in [1.807, 2.05) is 44.4 Å². The second-order valence-corrected chi connectivity index (χ2v) is 22.4. The Balaban J connectivity index is 0.774. The highest BCUT2D eigenvalue weighted by Crippen LogP contribution is 2.41. The van der Waals surface area contributed by atoms with Gasteiger partial charge in [-0.25, -0.2) is 0 Å². The van der Waals surface area contributed by atoms with E-state index in [4.69, 9.17) is 46.8 Å². The van der Waals surface area contributed by atoms with Crippen LogP contribution in [0.15, 0.2) is 113 Å². The third kappa shape index (κ3) is 12.2. The molecule has 3 amide bonds. The van der Waals surface area contributed by atoms with Crippen LogP contribution < -0.4 is 37.4 Å². The average Bonchev–Trinajstić information content (AvgIpc) is 2.68. The quantitative estimate of drug-likeness (QED) is 0.0797. The largest absolute Gasteiger partial charge is 0.501 e. The third-order valence-electron chi connectivity index (χ3n) is 15.3. The standard InChI is InChI=1S/C61H62N6O17S/c1-62-58(72)38-11-13-47(81-61-57(71)56(70)55(69)53(30-68)82-61)52(19-38)84-85(75,76)83-43-12-10-37-17-42-26-63-46-24-51(49(78-5)23-45(46)60(74)66(42)29-41(37)18-43)80-32-35-15-33(27-65(2)3)14-34(16-35)31-79-50-20-40-25-64-54-21-36-8-6-7-9-39(36)28-67(54)59(73)44(40)22-48(50)77-4/h6-16,18-20,22-26,42,53-57,61,68-71H,17,21,27-32H2,1-5H3,(H,62,72)/t42-,53+,54?,55-,56-,57+,61+/m0/s1. The highest BCUT2D eigenvalue weighted by atomic mass is 32.3. The number of hydrogen-bond acceptors (Lipinski definition) is 20. The summed E-state index contributed by atoms with van der Waals surface area (Å²) >= 11 is 0. The van der Waals surface area contributed by atoms with E-state index in [1.165, 1.54) is 37.9 Å². The lowest BCUT2D eigenvalue weighted by Gasteiger charge is -2.39. The van der Waals surface area contributed by atoms with Crippen LogP contribution in [0.4, 0.5) is 5.69 Å². The zero-order valence-electron chi connectivity index (χ0n) is 46.9. The molecule has 11 rings (SSSR count). The molecule has 5 aliphatic heterocycles. The summed E-state index contributed by atoms with van der Waals surface area (Å²) in [6, 6.07) is 28.5. The minimum atomic E-state index is -5.03. The van der Waals surface area contributed by atoms with Crippen LogP contribution >= 0.6 is 0 Å². The fourth-order valence-corrected chi connectivity index (χ4v) is 11.7. The molecule has 444 valence electrons. The molecule has 85 heavy (non-hydrogen) atoms. The maximum absolute atomic E-state index is 14.5. The molecule has 5 heterocycles. The molecule has 5 aliphatic rings. The van der Waals surface area contributed by atoms with Gasteiger partial charge < -0.3 is 77.2 Å². The van der Waals surface area contributed by atoms with Crippen LogP contribution in [-0.4, -0.2) is 159 Å². The maximum Gasteiger partial charge on any atom is 0.501 e. The highest BCUT2D eigenvalue weighted by Gasteiger charge is 2.45. The Morgan fingerprint density at radius 3 is 2.08 bits per heavy atom. The number of aliphatic imine (C=N–C) groups is 2. The van der Waals surface area contributed by atoms with E-state index in [0.717, 1.165) is 39.9 Å². The van der Waals surface area contributed by atoms with Gasteiger partial charge in [0.2, 0.25) is 6.29 Å². The van der Waals surface area contributed by atoms with E-state index < -0.39 is 65.4 Å². The molecule has 0 radical (unpaired) electrons. The van der Waals surface area contributed by atoms with Crippen molar-refractivity contribution in [3.63, 3.8) is 0 Å². The Morgan fingerprint density at radius 1 is 0.706 bits per heavy atom. The fraction of sp³-hybridized carbons (Fsp3) is 0.328. The molecule has 6 aromatic carbocycles. The zero-order valence-corrected chi connectivity index (χ0v) is 47.7. The van der Waals surface area contributed by atoms with Crippen molar-refractivity contribution in [1.82, 2.24) is 20.0 Å². The number of ether oxygens (including phenoxy) is 6. The number of aliphatic hydroxyl groups is 4. The zero-order chi connectivity index (χ0) is 59.8. The number of hydrogen-bond donors (Lipinski definition) is 5. The van der Waals surface area contributed by atoms with Gasteiger partial charge in [0, 0.05) is 62.7 Å². The first-order valence-corrected chi connectivity index (χ1v) is 28.5. The van der Waals surface area contributed by atoms with Crippen LogP contribution in [0.5, 0.6) is 40.2 Å². The predicted molar refractivity (Wildman–Crippen MR) is 306 cm³/mol. The van der Waals surface area contributed by atoms with E-state index in [1.54, 1.807) is 59.7 Å². The van der Waals surface area contributed by atoms with E-state index in [-0.39, 0.29) is 66.1 Å². The number of carbonyl (C=O) groups is 3. The van der Waals surface area contributed by atoms with Crippen LogP contribution in [0.1, 0.15) is 75.6 Å². The summed E-state index contributed by atoms with van der Waals surface area (Å²) in [7, 11) is 3.30. The van der Waals surface area contributed by atoms with Gasteiger partial charge in [-0.05, 0) is 114 Å². The normalized spacial score (nSPS) is 21.2. The fourth-order valence-electron chi connectivity index (χ4n) is 11.0. The number of amides is 3. The summed E-state index contributed by atoms with van der Waals surface area (Å²) in [5.74, 6) is -0.745. The molecule has 1 saturated heterocycles.